The highest BCUT2D eigenvalue weighted by atomic mass is 16.5. The lowest BCUT2D eigenvalue weighted by Crippen LogP contribution is -2.36. The Morgan fingerprint density at radius 3 is 2.84 bits per heavy atom. The second-order valence-corrected chi connectivity index (χ2v) is 4.18. The predicted octanol–water partition coefficient (Wildman–Crippen LogP) is 0.364. The molecule has 2 rings (SSSR count). The highest BCUT2D eigenvalue weighted by Crippen LogP contribution is 2.04. The Labute approximate surface area is 112 Å². The lowest BCUT2D eigenvalue weighted by molar-refractivity contribution is 0.128. The first kappa shape index (κ1) is 13.7. The van der Waals surface area contributed by atoms with E-state index in [0.29, 0.717) is 13.2 Å². The second kappa shape index (κ2) is 6.98. The standard InChI is InChI=1S/C13H18N4O2/c1-19-10-12(9-18)14-7-11-8-15-17(16-11)13-5-3-2-4-6-13/h2-6,8,12,14,18H,7,9-10H2,1H3. The lowest BCUT2D eigenvalue weighted by Gasteiger charge is -2.13. The number of aliphatic hydroxyl groups is 1. The van der Waals surface area contributed by atoms with Gasteiger partial charge in [0, 0.05) is 13.7 Å². The molecule has 102 valence electrons. The van der Waals surface area contributed by atoms with Gasteiger partial charge < -0.3 is 15.2 Å². The van der Waals surface area contributed by atoms with Crippen LogP contribution in [0.25, 0.3) is 5.69 Å². The van der Waals surface area contributed by atoms with Gasteiger partial charge in [-0.25, -0.2) is 0 Å². The highest BCUT2D eigenvalue weighted by Gasteiger charge is 2.08. The molecule has 0 radical (unpaired) electrons. The van der Waals surface area contributed by atoms with Gasteiger partial charge >= 0.3 is 0 Å². The fourth-order valence-corrected chi connectivity index (χ4v) is 1.69. The van der Waals surface area contributed by atoms with E-state index in [1.165, 1.54) is 0 Å². The van der Waals surface area contributed by atoms with Crippen molar-refractivity contribution in [3.05, 3.63) is 42.2 Å². The molecule has 1 heterocycles. The minimum absolute atomic E-state index is 0.0284. The van der Waals surface area contributed by atoms with Crippen LogP contribution in [0, 0.1) is 0 Å². The molecule has 19 heavy (non-hydrogen) atoms. The third-order valence-corrected chi connectivity index (χ3v) is 2.69. The molecule has 1 unspecified atom stereocenters. The number of hydrogen-bond donors (Lipinski definition) is 2. The summed E-state index contributed by atoms with van der Waals surface area (Å²) in [7, 11) is 1.61. The monoisotopic (exact) mass is 262 g/mol. The van der Waals surface area contributed by atoms with Gasteiger partial charge in [0.1, 0.15) is 0 Å². The smallest absolute Gasteiger partial charge is 0.0969 e. The van der Waals surface area contributed by atoms with Crippen molar-refractivity contribution in [2.45, 2.75) is 12.6 Å². The van der Waals surface area contributed by atoms with E-state index in [-0.39, 0.29) is 12.6 Å². The molecular formula is C13H18N4O2. The second-order valence-electron chi connectivity index (χ2n) is 4.18. The summed E-state index contributed by atoms with van der Waals surface area (Å²) in [6.45, 7) is 1.03. The number of para-hydroxylation sites is 1. The highest BCUT2D eigenvalue weighted by molar-refractivity contribution is 5.28. The quantitative estimate of drug-likeness (QED) is 0.754. The van der Waals surface area contributed by atoms with Gasteiger partial charge in [-0.1, -0.05) is 18.2 Å². The van der Waals surface area contributed by atoms with Gasteiger partial charge in [0.2, 0.25) is 0 Å². The number of aromatic nitrogens is 3. The minimum atomic E-state index is -0.0909. The fraction of sp³-hybridized carbons (Fsp3) is 0.385. The average Bonchev–Trinajstić information content (AvgIpc) is 2.93. The van der Waals surface area contributed by atoms with Gasteiger partial charge in [-0.15, -0.1) is 0 Å². The Morgan fingerprint density at radius 2 is 2.16 bits per heavy atom. The van der Waals surface area contributed by atoms with E-state index in [0.717, 1.165) is 11.4 Å². The summed E-state index contributed by atoms with van der Waals surface area (Å²) in [5.41, 5.74) is 1.74. The maximum Gasteiger partial charge on any atom is 0.0969 e. The van der Waals surface area contributed by atoms with Gasteiger partial charge in [0.05, 0.1) is 36.8 Å². The van der Waals surface area contributed by atoms with Gasteiger partial charge in [-0.05, 0) is 12.1 Å². The molecular weight excluding hydrogens is 244 g/mol. The van der Waals surface area contributed by atoms with Crippen LogP contribution in [0.4, 0.5) is 0 Å². The van der Waals surface area contributed by atoms with E-state index in [4.69, 9.17) is 9.84 Å². The minimum Gasteiger partial charge on any atom is -0.395 e. The molecule has 0 aliphatic rings. The van der Waals surface area contributed by atoms with Crippen molar-refractivity contribution in [1.82, 2.24) is 20.3 Å². The van der Waals surface area contributed by atoms with Crippen LogP contribution in [0.15, 0.2) is 36.5 Å². The van der Waals surface area contributed by atoms with E-state index in [9.17, 15) is 0 Å². The van der Waals surface area contributed by atoms with Crippen molar-refractivity contribution < 1.29 is 9.84 Å². The van der Waals surface area contributed by atoms with E-state index in [1.54, 1.807) is 18.1 Å². The zero-order valence-corrected chi connectivity index (χ0v) is 10.9. The van der Waals surface area contributed by atoms with E-state index in [1.807, 2.05) is 30.3 Å². The Balaban J connectivity index is 1.94. The van der Waals surface area contributed by atoms with Crippen LogP contribution in [0.5, 0.6) is 0 Å². The SMILES string of the molecule is COCC(CO)NCc1cnn(-c2ccccc2)n1. The molecule has 0 fully saturated rings. The van der Waals surface area contributed by atoms with Crippen LogP contribution >= 0.6 is 0 Å². The molecule has 6 heteroatoms. The normalized spacial score (nSPS) is 12.5. The number of ether oxygens (including phenoxy) is 1. The molecule has 2 aromatic rings. The molecule has 0 bridgehead atoms. The van der Waals surface area contributed by atoms with E-state index >= 15 is 0 Å². The molecule has 0 aliphatic heterocycles. The first-order valence-corrected chi connectivity index (χ1v) is 6.13. The largest absolute Gasteiger partial charge is 0.395 e. The maximum absolute atomic E-state index is 9.13. The van der Waals surface area contributed by atoms with Gasteiger partial charge in [-0.3, -0.25) is 0 Å². The molecule has 0 saturated carbocycles. The first-order valence-electron chi connectivity index (χ1n) is 6.13. The third kappa shape index (κ3) is 3.85. The topological polar surface area (TPSA) is 72.2 Å². The van der Waals surface area contributed by atoms with E-state index in [2.05, 4.69) is 15.5 Å². The Hall–Kier alpha value is -1.76. The summed E-state index contributed by atoms with van der Waals surface area (Å²) in [4.78, 5) is 1.58. The molecule has 0 saturated heterocycles. The number of aliphatic hydroxyl groups excluding tert-OH is 1. The van der Waals surface area contributed by atoms with Crippen molar-refractivity contribution in [3.8, 4) is 5.69 Å². The Morgan fingerprint density at radius 1 is 1.37 bits per heavy atom. The summed E-state index contributed by atoms with van der Waals surface area (Å²) in [5.74, 6) is 0. The van der Waals surface area contributed by atoms with Crippen LogP contribution in [0.1, 0.15) is 5.69 Å². The van der Waals surface area contributed by atoms with Crippen LogP contribution in [0.3, 0.4) is 0 Å². The van der Waals surface area contributed by atoms with Gasteiger partial charge in [0.15, 0.2) is 0 Å². The summed E-state index contributed by atoms with van der Waals surface area (Å²) in [6, 6.07) is 9.63. The summed E-state index contributed by atoms with van der Waals surface area (Å²) in [5, 5.41) is 20.9. The van der Waals surface area contributed by atoms with Gasteiger partial charge in [0.25, 0.3) is 0 Å². The fourth-order valence-electron chi connectivity index (χ4n) is 1.69. The number of methoxy groups -OCH3 is 1. The Bertz CT molecular complexity index is 486. The average molecular weight is 262 g/mol. The molecule has 1 atom stereocenters. The third-order valence-electron chi connectivity index (χ3n) is 2.69. The number of benzene rings is 1. The first-order chi connectivity index (χ1) is 9.33. The van der Waals surface area contributed by atoms with Crippen molar-refractivity contribution in [2.24, 2.45) is 0 Å². The molecule has 0 spiro atoms. The molecule has 0 amide bonds. The van der Waals surface area contributed by atoms with Crippen molar-refractivity contribution in [2.75, 3.05) is 20.3 Å². The lowest BCUT2D eigenvalue weighted by atomic mass is 10.3. The van der Waals surface area contributed by atoms with Crippen LogP contribution < -0.4 is 5.32 Å². The van der Waals surface area contributed by atoms with E-state index < -0.39 is 0 Å². The zero-order valence-electron chi connectivity index (χ0n) is 10.9. The summed E-state index contributed by atoms with van der Waals surface area (Å²) < 4.78 is 4.99. The molecule has 2 N–H and O–H groups in total. The van der Waals surface area contributed by atoms with Crippen molar-refractivity contribution in [1.29, 1.82) is 0 Å². The van der Waals surface area contributed by atoms with Crippen molar-refractivity contribution in [3.63, 3.8) is 0 Å². The number of rotatable bonds is 7. The predicted molar refractivity (Wildman–Crippen MR) is 70.9 cm³/mol. The molecule has 1 aromatic heterocycles. The van der Waals surface area contributed by atoms with Gasteiger partial charge in [-0.2, -0.15) is 15.0 Å². The maximum atomic E-state index is 9.13. The number of hydrogen-bond acceptors (Lipinski definition) is 5. The molecule has 0 aliphatic carbocycles. The van der Waals surface area contributed by atoms with Crippen LogP contribution in [-0.2, 0) is 11.3 Å². The number of nitrogens with zero attached hydrogens (tertiary/aromatic N) is 3. The zero-order chi connectivity index (χ0) is 13.5. The van der Waals surface area contributed by atoms with Crippen LogP contribution in [0.2, 0.25) is 0 Å². The summed E-state index contributed by atoms with van der Waals surface area (Å²) in [6.07, 6.45) is 1.71. The van der Waals surface area contributed by atoms with Crippen molar-refractivity contribution >= 4 is 0 Å². The molecule has 6 nitrogen and oxygen atoms in total. The number of nitrogens with one attached hydrogen (secondary N) is 1. The van der Waals surface area contributed by atoms with Crippen LogP contribution in [-0.4, -0.2) is 46.5 Å². The Kier molecular flexibility index (Phi) is 5.02. The molecule has 1 aromatic carbocycles. The summed E-state index contributed by atoms with van der Waals surface area (Å²) >= 11 is 0.